The maximum atomic E-state index is 12.2. The molecule has 2 aromatic rings. The summed E-state index contributed by atoms with van der Waals surface area (Å²) in [5, 5.41) is 5.78. The van der Waals surface area contributed by atoms with E-state index < -0.39 is 9.84 Å². The van der Waals surface area contributed by atoms with Crippen molar-refractivity contribution >= 4 is 33.3 Å². The van der Waals surface area contributed by atoms with Gasteiger partial charge in [0.05, 0.1) is 10.6 Å². The second kappa shape index (κ2) is 10.1. The fraction of sp³-hybridized carbons (Fsp3) is 0.263. The van der Waals surface area contributed by atoms with Crippen molar-refractivity contribution in [3.63, 3.8) is 0 Å². The Bertz CT molecular complexity index is 868. The van der Waals surface area contributed by atoms with Crippen molar-refractivity contribution in [2.24, 2.45) is 0 Å². The summed E-state index contributed by atoms with van der Waals surface area (Å²) >= 11 is 5.74. The van der Waals surface area contributed by atoms with Gasteiger partial charge in [0.2, 0.25) is 5.91 Å². The SMILES string of the molecule is O=C(CCCNC(=O)c1ccccc1)NCCS(=O)(=O)c1ccc(Cl)cc1. The normalized spacial score (nSPS) is 11.0. The number of rotatable bonds is 9. The molecule has 0 spiro atoms. The zero-order valence-corrected chi connectivity index (χ0v) is 16.2. The molecule has 0 saturated heterocycles. The highest BCUT2D eigenvalue weighted by Gasteiger charge is 2.14. The Morgan fingerprint density at radius 1 is 0.889 bits per heavy atom. The quantitative estimate of drug-likeness (QED) is 0.623. The standard InChI is InChI=1S/C19H21ClN2O4S/c20-16-8-10-17(11-9-16)27(25,26)14-13-21-18(23)7-4-12-22-19(24)15-5-2-1-3-6-15/h1-3,5-6,8-11H,4,7,12-14H2,(H,21,23)(H,22,24). The molecule has 0 atom stereocenters. The number of carbonyl (C=O) groups is 2. The lowest BCUT2D eigenvalue weighted by Crippen LogP contribution is -2.30. The van der Waals surface area contributed by atoms with E-state index >= 15 is 0 Å². The van der Waals surface area contributed by atoms with Gasteiger partial charge in [-0.25, -0.2) is 8.42 Å². The number of benzene rings is 2. The fourth-order valence-corrected chi connectivity index (χ4v) is 3.60. The van der Waals surface area contributed by atoms with Crippen LogP contribution in [-0.2, 0) is 14.6 Å². The molecule has 8 heteroatoms. The van der Waals surface area contributed by atoms with Crippen LogP contribution in [0.1, 0.15) is 23.2 Å². The molecule has 2 rings (SSSR count). The molecule has 144 valence electrons. The highest BCUT2D eigenvalue weighted by molar-refractivity contribution is 7.91. The van der Waals surface area contributed by atoms with E-state index in [1.807, 2.05) is 6.07 Å². The number of halogens is 1. The molecule has 2 N–H and O–H groups in total. The van der Waals surface area contributed by atoms with E-state index in [4.69, 9.17) is 11.6 Å². The molecule has 0 aromatic heterocycles. The molecule has 0 saturated carbocycles. The maximum absolute atomic E-state index is 12.2. The van der Waals surface area contributed by atoms with E-state index in [1.54, 1.807) is 24.3 Å². The van der Waals surface area contributed by atoms with Crippen LogP contribution in [0.25, 0.3) is 0 Å². The summed E-state index contributed by atoms with van der Waals surface area (Å²) in [6, 6.07) is 14.7. The van der Waals surface area contributed by atoms with Gasteiger partial charge >= 0.3 is 0 Å². The summed E-state index contributed by atoms with van der Waals surface area (Å²) in [6.07, 6.45) is 0.671. The van der Waals surface area contributed by atoms with E-state index in [9.17, 15) is 18.0 Å². The third kappa shape index (κ3) is 7.03. The monoisotopic (exact) mass is 408 g/mol. The lowest BCUT2D eigenvalue weighted by molar-refractivity contribution is -0.121. The van der Waals surface area contributed by atoms with Crippen LogP contribution in [-0.4, -0.2) is 39.1 Å². The summed E-state index contributed by atoms with van der Waals surface area (Å²) in [6.45, 7) is 0.393. The van der Waals surface area contributed by atoms with Crippen LogP contribution >= 0.6 is 11.6 Å². The molecule has 27 heavy (non-hydrogen) atoms. The first-order valence-corrected chi connectivity index (χ1v) is 10.5. The van der Waals surface area contributed by atoms with Crippen LogP contribution in [0.2, 0.25) is 5.02 Å². The van der Waals surface area contributed by atoms with Crippen LogP contribution < -0.4 is 10.6 Å². The Morgan fingerprint density at radius 3 is 2.22 bits per heavy atom. The molecular weight excluding hydrogens is 388 g/mol. The molecule has 2 aromatic carbocycles. The summed E-state index contributed by atoms with van der Waals surface area (Å²) in [5.41, 5.74) is 0.564. The predicted molar refractivity (Wildman–Crippen MR) is 105 cm³/mol. The Hall–Kier alpha value is -2.38. The number of amides is 2. The van der Waals surface area contributed by atoms with Crippen molar-refractivity contribution < 1.29 is 18.0 Å². The minimum atomic E-state index is -3.47. The number of carbonyl (C=O) groups excluding carboxylic acids is 2. The summed E-state index contributed by atoms with van der Waals surface area (Å²) in [5.74, 6) is -0.634. The van der Waals surface area contributed by atoms with Crippen molar-refractivity contribution in [1.82, 2.24) is 10.6 Å². The third-order valence-electron chi connectivity index (χ3n) is 3.77. The minimum absolute atomic E-state index is 0.0279. The molecule has 0 bridgehead atoms. The first-order chi connectivity index (χ1) is 12.9. The lowest BCUT2D eigenvalue weighted by atomic mass is 10.2. The zero-order valence-electron chi connectivity index (χ0n) is 14.7. The van der Waals surface area contributed by atoms with Crippen LogP contribution in [0.15, 0.2) is 59.5 Å². The highest BCUT2D eigenvalue weighted by atomic mass is 35.5. The molecule has 0 radical (unpaired) electrons. The van der Waals surface area contributed by atoms with Crippen molar-refractivity contribution in [3.8, 4) is 0 Å². The van der Waals surface area contributed by atoms with Crippen molar-refractivity contribution in [2.75, 3.05) is 18.8 Å². The van der Waals surface area contributed by atoms with Crippen LogP contribution in [0.5, 0.6) is 0 Å². The zero-order chi connectivity index (χ0) is 19.7. The minimum Gasteiger partial charge on any atom is -0.355 e. The van der Waals surface area contributed by atoms with Gasteiger partial charge in [-0.1, -0.05) is 29.8 Å². The van der Waals surface area contributed by atoms with E-state index in [0.29, 0.717) is 23.6 Å². The van der Waals surface area contributed by atoms with Crippen LogP contribution in [0.3, 0.4) is 0 Å². The summed E-state index contributed by atoms with van der Waals surface area (Å²) in [4.78, 5) is 23.8. The largest absolute Gasteiger partial charge is 0.355 e. The van der Waals surface area contributed by atoms with Crippen molar-refractivity contribution in [2.45, 2.75) is 17.7 Å². The second-order valence-electron chi connectivity index (χ2n) is 5.85. The van der Waals surface area contributed by atoms with Crippen molar-refractivity contribution in [3.05, 3.63) is 65.2 Å². The Balaban J connectivity index is 1.65. The predicted octanol–water partition coefficient (Wildman–Crippen LogP) is 2.44. The molecule has 2 amide bonds. The van der Waals surface area contributed by atoms with Gasteiger partial charge in [-0.15, -0.1) is 0 Å². The number of sulfone groups is 1. The average molecular weight is 409 g/mol. The smallest absolute Gasteiger partial charge is 0.251 e. The van der Waals surface area contributed by atoms with Gasteiger partial charge in [0.15, 0.2) is 9.84 Å². The lowest BCUT2D eigenvalue weighted by Gasteiger charge is -2.08. The second-order valence-corrected chi connectivity index (χ2v) is 8.39. The first-order valence-electron chi connectivity index (χ1n) is 8.47. The topological polar surface area (TPSA) is 92.3 Å². The highest BCUT2D eigenvalue weighted by Crippen LogP contribution is 2.15. The summed E-state index contributed by atoms with van der Waals surface area (Å²) in [7, 11) is -3.47. The Labute approximate surface area is 163 Å². The van der Waals surface area contributed by atoms with Gasteiger partial charge in [0.1, 0.15) is 0 Å². The maximum Gasteiger partial charge on any atom is 0.251 e. The van der Waals surface area contributed by atoms with Gasteiger partial charge in [0.25, 0.3) is 5.91 Å². The van der Waals surface area contributed by atoms with Crippen molar-refractivity contribution in [1.29, 1.82) is 0 Å². The molecular formula is C19H21ClN2O4S. The van der Waals surface area contributed by atoms with E-state index in [-0.39, 0.29) is 35.4 Å². The average Bonchev–Trinajstić information content (AvgIpc) is 2.66. The number of hydrogen-bond acceptors (Lipinski definition) is 4. The van der Waals surface area contributed by atoms with Gasteiger partial charge in [0, 0.05) is 30.1 Å². The third-order valence-corrected chi connectivity index (χ3v) is 5.75. The van der Waals surface area contributed by atoms with Gasteiger partial charge < -0.3 is 10.6 Å². The molecule has 0 aliphatic carbocycles. The van der Waals surface area contributed by atoms with Crippen LogP contribution in [0, 0.1) is 0 Å². The molecule has 0 aliphatic heterocycles. The van der Waals surface area contributed by atoms with Gasteiger partial charge in [-0.3, -0.25) is 9.59 Å². The van der Waals surface area contributed by atoms with Gasteiger partial charge in [-0.05, 0) is 42.8 Å². The van der Waals surface area contributed by atoms with E-state index in [0.717, 1.165) is 0 Å². The molecule has 0 fully saturated rings. The van der Waals surface area contributed by atoms with Crippen LogP contribution in [0.4, 0.5) is 0 Å². The number of hydrogen-bond donors (Lipinski definition) is 2. The molecule has 0 unspecified atom stereocenters. The Kier molecular flexibility index (Phi) is 7.82. The van der Waals surface area contributed by atoms with Gasteiger partial charge in [-0.2, -0.15) is 0 Å². The molecule has 6 nitrogen and oxygen atoms in total. The molecule has 0 heterocycles. The fourth-order valence-electron chi connectivity index (χ4n) is 2.32. The molecule has 0 aliphatic rings. The van der Waals surface area contributed by atoms with E-state index in [2.05, 4.69) is 10.6 Å². The summed E-state index contributed by atoms with van der Waals surface area (Å²) < 4.78 is 24.3. The van der Waals surface area contributed by atoms with E-state index in [1.165, 1.54) is 24.3 Å². The Morgan fingerprint density at radius 2 is 1.56 bits per heavy atom. The first kappa shape index (κ1) is 20.9. The number of nitrogens with one attached hydrogen (secondary N) is 2.